The van der Waals surface area contributed by atoms with E-state index in [2.05, 4.69) is 10.2 Å². The lowest BCUT2D eigenvalue weighted by Gasteiger charge is -2.35. The third kappa shape index (κ3) is 4.97. The summed E-state index contributed by atoms with van der Waals surface area (Å²) in [7, 11) is 1.51. The average molecular weight is 393 g/mol. The Hall–Kier alpha value is -2.15. The zero-order valence-electron chi connectivity index (χ0n) is 15.1. The number of morpholine rings is 1. The monoisotopic (exact) mass is 392 g/mol. The quantitative estimate of drug-likeness (QED) is 0.819. The van der Waals surface area contributed by atoms with E-state index in [1.54, 1.807) is 30.3 Å². The molecule has 0 aromatic heterocycles. The molecule has 1 aliphatic heterocycles. The topological polar surface area (TPSA) is 50.8 Å². The lowest BCUT2D eigenvalue weighted by molar-refractivity contribution is 0.0162. The normalized spacial score (nSPS) is 16.0. The number of halogens is 2. The van der Waals surface area contributed by atoms with E-state index < -0.39 is 0 Å². The molecule has 2 aromatic rings. The molecule has 1 atom stereocenters. The van der Waals surface area contributed by atoms with Crippen LogP contribution in [0, 0.1) is 5.82 Å². The minimum Gasteiger partial charge on any atom is -0.496 e. The molecular weight excluding hydrogens is 371 g/mol. The molecule has 2 aromatic carbocycles. The maximum atomic E-state index is 13.3. The number of methoxy groups -OCH3 is 1. The second kappa shape index (κ2) is 9.17. The van der Waals surface area contributed by atoms with Crippen LogP contribution in [0.1, 0.15) is 22.0 Å². The van der Waals surface area contributed by atoms with Crippen molar-refractivity contribution in [2.24, 2.45) is 0 Å². The molecule has 1 unspecified atom stereocenters. The van der Waals surface area contributed by atoms with E-state index in [9.17, 15) is 9.18 Å². The van der Waals surface area contributed by atoms with E-state index in [0.717, 1.165) is 18.7 Å². The number of nitrogens with zero attached hydrogens (tertiary/aromatic N) is 1. The van der Waals surface area contributed by atoms with Gasteiger partial charge in [0.15, 0.2) is 0 Å². The summed E-state index contributed by atoms with van der Waals surface area (Å²) in [5.74, 6) is -0.0940. The number of hydrogen-bond acceptors (Lipinski definition) is 4. The summed E-state index contributed by atoms with van der Waals surface area (Å²) in [4.78, 5) is 14.9. The Bertz CT molecular complexity index is 779. The van der Waals surface area contributed by atoms with Crippen LogP contribution >= 0.6 is 11.6 Å². The van der Waals surface area contributed by atoms with Crippen molar-refractivity contribution < 1.29 is 18.7 Å². The van der Waals surface area contributed by atoms with E-state index in [1.807, 2.05) is 0 Å². The summed E-state index contributed by atoms with van der Waals surface area (Å²) in [5, 5.41) is 3.42. The van der Waals surface area contributed by atoms with Crippen molar-refractivity contribution in [3.63, 3.8) is 0 Å². The Kier molecular flexibility index (Phi) is 6.66. The van der Waals surface area contributed by atoms with Crippen LogP contribution in [0.25, 0.3) is 0 Å². The second-order valence-corrected chi connectivity index (χ2v) is 6.71. The van der Waals surface area contributed by atoms with Crippen molar-refractivity contribution in [3.8, 4) is 5.75 Å². The molecule has 1 fully saturated rings. The van der Waals surface area contributed by atoms with Gasteiger partial charge in [-0.05, 0) is 35.9 Å². The lowest BCUT2D eigenvalue weighted by Crippen LogP contribution is -2.43. The van der Waals surface area contributed by atoms with Gasteiger partial charge in [0.25, 0.3) is 5.91 Å². The summed E-state index contributed by atoms with van der Waals surface area (Å²) in [6.45, 7) is 3.14. The minimum absolute atomic E-state index is 0.0800. The fourth-order valence-corrected chi connectivity index (χ4v) is 3.35. The predicted molar refractivity (Wildman–Crippen MR) is 102 cm³/mol. The predicted octanol–water partition coefficient (Wildman–Crippen LogP) is 3.29. The van der Waals surface area contributed by atoms with Gasteiger partial charge in [0.05, 0.1) is 31.9 Å². The fourth-order valence-electron chi connectivity index (χ4n) is 3.17. The summed E-state index contributed by atoms with van der Waals surface area (Å²) in [6.07, 6.45) is 0. The van der Waals surface area contributed by atoms with E-state index in [1.165, 1.54) is 19.2 Å². The number of ether oxygens (including phenoxy) is 2. The molecule has 1 amide bonds. The first-order chi connectivity index (χ1) is 13.1. The van der Waals surface area contributed by atoms with Crippen molar-refractivity contribution in [2.45, 2.75) is 6.04 Å². The molecule has 1 N–H and O–H groups in total. The van der Waals surface area contributed by atoms with Crippen molar-refractivity contribution in [3.05, 3.63) is 64.4 Å². The van der Waals surface area contributed by atoms with E-state index in [4.69, 9.17) is 21.1 Å². The Morgan fingerprint density at radius 1 is 1.26 bits per heavy atom. The van der Waals surface area contributed by atoms with Gasteiger partial charge in [-0.3, -0.25) is 9.69 Å². The zero-order valence-corrected chi connectivity index (χ0v) is 15.8. The number of rotatable bonds is 6. The molecule has 0 spiro atoms. The molecule has 27 heavy (non-hydrogen) atoms. The molecule has 1 saturated heterocycles. The third-order valence-electron chi connectivity index (χ3n) is 4.60. The maximum Gasteiger partial charge on any atom is 0.255 e. The van der Waals surface area contributed by atoms with Crippen LogP contribution in [0.2, 0.25) is 5.02 Å². The van der Waals surface area contributed by atoms with Crippen LogP contribution in [0.15, 0.2) is 42.5 Å². The second-order valence-electron chi connectivity index (χ2n) is 6.27. The number of amides is 1. The van der Waals surface area contributed by atoms with Crippen LogP contribution < -0.4 is 10.1 Å². The Labute approximate surface area is 163 Å². The van der Waals surface area contributed by atoms with Gasteiger partial charge in [0.1, 0.15) is 11.6 Å². The number of carbonyl (C=O) groups excluding carboxylic acids is 1. The van der Waals surface area contributed by atoms with Crippen LogP contribution in [0.4, 0.5) is 4.39 Å². The Balaban J connectivity index is 1.77. The molecule has 1 aliphatic rings. The molecule has 0 bridgehead atoms. The van der Waals surface area contributed by atoms with Gasteiger partial charge >= 0.3 is 0 Å². The van der Waals surface area contributed by atoms with Crippen molar-refractivity contribution in [2.75, 3.05) is 40.0 Å². The summed E-state index contributed by atoms with van der Waals surface area (Å²) >= 11 is 6.02. The van der Waals surface area contributed by atoms with Crippen LogP contribution in [0.5, 0.6) is 5.75 Å². The number of benzene rings is 2. The highest BCUT2D eigenvalue weighted by Crippen LogP contribution is 2.24. The Morgan fingerprint density at radius 2 is 1.96 bits per heavy atom. The van der Waals surface area contributed by atoms with E-state index >= 15 is 0 Å². The molecule has 0 saturated carbocycles. The van der Waals surface area contributed by atoms with Crippen LogP contribution in [-0.4, -0.2) is 50.8 Å². The van der Waals surface area contributed by atoms with E-state index in [-0.39, 0.29) is 17.8 Å². The minimum atomic E-state index is -0.285. The maximum absolute atomic E-state index is 13.3. The number of hydrogen-bond donors (Lipinski definition) is 1. The molecular formula is C20H22ClFN2O3. The largest absolute Gasteiger partial charge is 0.496 e. The van der Waals surface area contributed by atoms with Gasteiger partial charge in [-0.15, -0.1) is 0 Å². The molecule has 5 nitrogen and oxygen atoms in total. The zero-order chi connectivity index (χ0) is 19.2. The smallest absolute Gasteiger partial charge is 0.255 e. The third-order valence-corrected chi connectivity index (χ3v) is 4.84. The SMILES string of the molecule is COc1ccc(Cl)cc1C(=O)NCC(c1ccc(F)cc1)N1CCOCC1. The molecule has 0 aliphatic carbocycles. The molecule has 7 heteroatoms. The highest BCUT2D eigenvalue weighted by atomic mass is 35.5. The van der Waals surface area contributed by atoms with Gasteiger partial charge in [-0.25, -0.2) is 4.39 Å². The van der Waals surface area contributed by atoms with Gasteiger partial charge in [0.2, 0.25) is 0 Å². The fraction of sp³-hybridized carbons (Fsp3) is 0.350. The van der Waals surface area contributed by atoms with Gasteiger partial charge < -0.3 is 14.8 Å². The van der Waals surface area contributed by atoms with Crippen molar-refractivity contribution in [1.82, 2.24) is 10.2 Å². The summed E-state index contributed by atoms with van der Waals surface area (Å²) < 4.78 is 24.0. The van der Waals surface area contributed by atoms with Crippen molar-refractivity contribution >= 4 is 17.5 Å². The van der Waals surface area contributed by atoms with Gasteiger partial charge in [-0.1, -0.05) is 23.7 Å². The number of nitrogens with one attached hydrogen (secondary N) is 1. The highest BCUT2D eigenvalue weighted by Gasteiger charge is 2.24. The molecule has 0 radical (unpaired) electrons. The first-order valence-corrected chi connectivity index (χ1v) is 9.15. The average Bonchev–Trinajstić information content (AvgIpc) is 2.70. The first-order valence-electron chi connectivity index (χ1n) is 8.77. The summed E-state index contributed by atoms with van der Waals surface area (Å²) in [5.41, 5.74) is 1.32. The highest BCUT2D eigenvalue weighted by molar-refractivity contribution is 6.31. The molecule has 1 heterocycles. The molecule has 3 rings (SSSR count). The van der Waals surface area contributed by atoms with Crippen LogP contribution in [0.3, 0.4) is 0 Å². The summed E-state index contributed by atoms with van der Waals surface area (Å²) in [6, 6.07) is 11.2. The standard InChI is InChI=1S/C20H22ClFN2O3/c1-26-19-7-4-15(21)12-17(19)20(25)23-13-18(24-8-10-27-11-9-24)14-2-5-16(22)6-3-14/h2-7,12,18H,8-11,13H2,1H3,(H,23,25). The van der Waals surface area contributed by atoms with E-state index in [0.29, 0.717) is 36.1 Å². The van der Waals surface area contributed by atoms with Crippen LogP contribution in [-0.2, 0) is 4.74 Å². The van der Waals surface area contributed by atoms with Gasteiger partial charge in [0, 0.05) is 24.7 Å². The van der Waals surface area contributed by atoms with Gasteiger partial charge in [-0.2, -0.15) is 0 Å². The first kappa shape index (κ1) is 19.6. The van der Waals surface area contributed by atoms with Crippen molar-refractivity contribution in [1.29, 1.82) is 0 Å². The number of carbonyl (C=O) groups is 1. The molecule has 144 valence electrons. The lowest BCUT2D eigenvalue weighted by atomic mass is 10.0. The Morgan fingerprint density at radius 3 is 2.63 bits per heavy atom.